The minimum Gasteiger partial charge on any atom is -0.493 e. The number of carboxylic acid groups (broad SMARTS) is 1. The molecule has 1 aliphatic rings. The van der Waals surface area contributed by atoms with Gasteiger partial charge in [-0.1, -0.05) is 37.3 Å². The molecule has 0 saturated heterocycles. The molecular formula is C17H15N3O3S2. The Balaban J connectivity index is 2.03. The standard InChI is InChI=1S/C17H15N3O3S2/c1-2-12(16(22)23)20-15(21)13(25-17(20)24)8-11-9-18-19-14(11)10-6-4-3-5-7-10/h3-9,12,21H,2H2,1H3,(H,22,23). The fourth-order valence-corrected chi connectivity index (χ4v) is 3.92. The lowest BCUT2D eigenvalue weighted by atomic mass is 10.0. The van der Waals surface area contributed by atoms with E-state index >= 15 is 0 Å². The number of hydrogen-bond acceptors (Lipinski definition) is 6. The summed E-state index contributed by atoms with van der Waals surface area (Å²) in [6.45, 7) is 1.74. The van der Waals surface area contributed by atoms with E-state index in [9.17, 15) is 15.0 Å². The van der Waals surface area contributed by atoms with Crippen LogP contribution in [0.2, 0.25) is 0 Å². The monoisotopic (exact) mass is 373 g/mol. The third-order valence-corrected chi connectivity index (χ3v) is 5.13. The van der Waals surface area contributed by atoms with E-state index in [1.165, 1.54) is 4.57 Å². The summed E-state index contributed by atoms with van der Waals surface area (Å²) >= 11 is 6.41. The molecule has 2 aromatic rings. The summed E-state index contributed by atoms with van der Waals surface area (Å²) in [7, 11) is 0. The molecule has 2 N–H and O–H groups in total. The van der Waals surface area contributed by atoms with E-state index in [4.69, 9.17) is 12.2 Å². The third-order valence-electron chi connectivity index (χ3n) is 3.79. The van der Waals surface area contributed by atoms with Gasteiger partial charge < -0.3 is 10.2 Å². The van der Waals surface area contributed by atoms with Crippen molar-refractivity contribution in [2.45, 2.75) is 19.4 Å². The number of benzene rings is 1. The van der Waals surface area contributed by atoms with Gasteiger partial charge in [-0.05, 0) is 24.7 Å². The van der Waals surface area contributed by atoms with Gasteiger partial charge in [0.2, 0.25) is 5.88 Å². The van der Waals surface area contributed by atoms with Gasteiger partial charge in [-0.25, -0.2) is 4.79 Å². The van der Waals surface area contributed by atoms with Crippen LogP contribution >= 0.6 is 23.6 Å². The molecule has 0 radical (unpaired) electrons. The molecule has 1 aromatic carbocycles. The highest BCUT2D eigenvalue weighted by atomic mass is 32.1. The molecule has 0 saturated carbocycles. The maximum absolute atomic E-state index is 11.4. The van der Waals surface area contributed by atoms with Crippen LogP contribution in [0.4, 0.5) is 0 Å². The average Bonchev–Trinajstić information content (AvgIpc) is 3.16. The molecule has 1 aliphatic heterocycles. The minimum absolute atomic E-state index is 0.149. The molecule has 1 atom stereocenters. The number of allylic oxidation sites excluding steroid dienone is 1. The van der Waals surface area contributed by atoms with E-state index < -0.39 is 12.0 Å². The molecule has 1 unspecified atom stereocenters. The highest BCUT2D eigenvalue weighted by Gasteiger charge is 2.24. The lowest BCUT2D eigenvalue weighted by Crippen LogP contribution is -2.17. The Bertz CT molecular complexity index is 955. The van der Waals surface area contributed by atoms with Gasteiger partial charge in [0.05, 0.1) is 11.1 Å². The molecule has 0 spiro atoms. The van der Waals surface area contributed by atoms with Gasteiger partial charge in [-0.2, -0.15) is 5.10 Å². The van der Waals surface area contributed by atoms with Crippen LogP contribution in [0.5, 0.6) is 5.88 Å². The lowest BCUT2D eigenvalue weighted by Gasteiger charge is -2.12. The Morgan fingerprint density at radius 1 is 1.40 bits per heavy atom. The topological polar surface area (TPSA) is 87.2 Å². The van der Waals surface area contributed by atoms with Gasteiger partial charge >= 0.3 is 5.97 Å². The molecule has 0 bridgehead atoms. The summed E-state index contributed by atoms with van der Waals surface area (Å²) in [5, 5.41) is 27.9. The van der Waals surface area contributed by atoms with Gasteiger partial charge in [0, 0.05) is 11.1 Å². The maximum atomic E-state index is 11.4. The van der Waals surface area contributed by atoms with Gasteiger partial charge in [-0.3, -0.25) is 4.57 Å². The first-order valence-corrected chi connectivity index (χ1v) is 8.81. The van der Waals surface area contributed by atoms with Crippen molar-refractivity contribution in [1.29, 1.82) is 0 Å². The summed E-state index contributed by atoms with van der Waals surface area (Å²) < 4.78 is 1.59. The van der Waals surface area contributed by atoms with Crippen LogP contribution in [0.15, 0.2) is 46.1 Å². The predicted octanol–water partition coefficient (Wildman–Crippen LogP) is 3.89. The van der Waals surface area contributed by atoms with Crippen LogP contribution in [0.3, 0.4) is 0 Å². The fourth-order valence-electron chi connectivity index (χ4n) is 2.57. The Morgan fingerprint density at radius 3 is 2.76 bits per heavy atom. The zero-order valence-corrected chi connectivity index (χ0v) is 14.9. The average molecular weight is 373 g/mol. The molecule has 8 heteroatoms. The number of aliphatic carboxylic acids is 1. The second-order valence-corrected chi connectivity index (χ2v) is 7.02. The van der Waals surface area contributed by atoms with Gasteiger partial charge in [0.1, 0.15) is 11.8 Å². The van der Waals surface area contributed by atoms with E-state index in [0.29, 0.717) is 21.0 Å². The van der Waals surface area contributed by atoms with Crippen molar-refractivity contribution in [3.63, 3.8) is 0 Å². The number of carbonyl (C=O) groups is 1. The van der Waals surface area contributed by atoms with Crippen molar-refractivity contribution in [1.82, 2.24) is 4.57 Å². The molecule has 0 amide bonds. The number of thiazole rings is 1. The Kier molecular flexibility index (Phi) is 4.91. The lowest BCUT2D eigenvalue weighted by molar-refractivity contribution is -0.141. The SMILES string of the molecule is CCC(C(=O)O)n1c(O)c(C=C2C=NN=C2c2ccccc2)sc1=S. The van der Waals surface area contributed by atoms with E-state index in [-0.39, 0.29) is 5.88 Å². The van der Waals surface area contributed by atoms with Crippen molar-refractivity contribution >= 4 is 47.5 Å². The second kappa shape index (κ2) is 7.12. The van der Waals surface area contributed by atoms with Crippen molar-refractivity contribution < 1.29 is 15.0 Å². The van der Waals surface area contributed by atoms with Crippen molar-refractivity contribution in [3.8, 4) is 5.88 Å². The second-order valence-electron chi connectivity index (χ2n) is 5.35. The summed E-state index contributed by atoms with van der Waals surface area (Å²) in [4.78, 5) is 11.9. The van der Waals surface area contributed by atoms with E-state index in [1.54, 1.807) is 19.2 Å². The van der Waals surface area contributed by atoms with Crippen LogP contribution in [-0.2, 0) is 4.79 Å². The fraction of sp³-hybridized carbons (Fsp3) is 0.176. The predicted molar refractivity (Wildman–Crippen MR) is 101 cm³/mol. The smallest absolute Gasteiger partial charge is 0.326 e. The summed E-state index contributed by atoms with van der Waals surface area (Å²) in [6, 6.07) is 8.68. The Hall–Kier alpha value is -2.58. The number of hydrogen-bond donors (Lipinski definition) is 2. The summed E-state index contributed by atoms with van der Waals surface area (Å²) in [6.07, 6.45) is 3.65. The van der Waals surface area contributed by atoms with Crippen LogP contribution in [0.25, 0.3) is 6.08 Å². The van der Waals surface area contributed by atoms with Crippen molar-refractivity contribution in [2.24, 2.45) is 10.2 Å². The Morgan fingerprint density at radius 2 is 2.12 bits per heavy atom. The maximum Gasteiger partial charge on any atom is 0.326 e. The zero-order valence-electron chi connectivity index (χ0n) is 13.3. The van der Waals surface area contributed by atoms with Crippen LogP contribution in [-0.4, -0.2) is 32.7 Å². The third kappa shape index (κ3) is 3.31. The molecular weight excluding hydrogens is 358 g/mol. The van der Waals surface area contributed by atoms with Crippen LogP contribution in [0, 0.1) is 3.95 Å². The van der Waals surface area contributed by atoms with Crippen LogP contribution < -0.4 is 0 Å². The van der Waals surface area contributed by atoms with E-state index in [2.05, 4.69) is 10.2 Å². The van der Waals surface area contributed by atoms with Crippen LogP contribution in [0.1, 0.15) is 29.8 Å². The number of carboxylic acids is 1. The van der Waals surface area contributed by atoms with Crippen molar-refractivity contribution in [3.05, 3.63) is 50.3 Å². The summed E-state index contributed by atoms with van der Waals surface area (Å²) in [5.74, 6) is -1.18. The molecule has 1 aromatic heterocycles. The van der Waals surface area contributed by atoms with E-state index in [1.807, 2.05) is 30.3 Å². The normalized spacial score (nSPS) is 16.2. The van der Waals surface area contributed by atoms with Gasteiger partial charge in [-0.15, -0.1) is 16.4 Å². The van der Waals surface area contributed by atoms with Gasteiger partial charge in [0.25, 0.3) is 0 Å². The number of aromatic nitrogens is 1. The molecule has 3 rings (SSSR count). The van der Waals surface area contributed by atoms with Gasteiger partial charge in [0.15, 0.2) is 3.95 Å². The minimum atomic E-state index is -1.03. The number of rotatable bonds is 5. The van der Waals surface area contributed by atoms with Crippen molar-refractivity contribution in [2.75, 3.05) is 0 Å². The quantitative estimate of drug-likeness (QED) is 0.778. The van der Waals surface area contributed by atoms with E-state index in [0.717, 1.165) is 22.5 Å². The summed E-state index contributed by atoms with van der Waals surface area (Å²) in [5.41, 5.74) is 2.33. The molecule has 2 heterocycles. The molecule has 128 valence electrons. The highest BCUT2D eigenvalue weighted by Crippen LogP contribution is 2.33. The first kappa shape index (κ1) is 17.2. The highest BCUT2D eigenvalue weighted by molar-refractivity contribution is 7.73. The number of aromatic hydroxyl groups is 1. The Labute approximate surface area is 153 Å². The zero-order chi connectivity index (χ0) is 18.0. The molecule has 6 nitrogen and oxygen atoms in total. The molecule has 0 fully saturated rings. The molecule has 25 heavy (non-hydrogen) atoms. The largest absolute Gasteiger partial charge is 0.493 e. The first-order chi connectivity index (χ1) is 12.0. The molecule has 0 aliphatic carbocycles. The first-order valence-electron chi connectivity index (χ1n) is 7.58. The number of nitrogens with zero attached hydrogens (tertiary/aromatic N) is 3.